The van der Waals surface area contributed by atoms with Crippen LogP contribution in [0.15, 0.2) is 11.4 Å². The van der Waals surface area contributed by atoms with Gasteiger partial charge in [0.05, 0.1) is 18.3 Å². The normalized spacial score (nSPS) is 23.2. The van der Waals surface area contributed by atoms with E-state index in [1.165, 1.54) is 11.3 Å². The van der Waals surface area contributed by atoms with E-state index in [4.69, 9.17) is 10.00 Å². The van der Waals surface area contributed by atoms with E-state index in [1.54, 1.807) is 11.4 Å². The third-order valence-electron chi connectivity index (χ3n) is 3.40. The number of anilines is 1. The number of thiophene rings is 1. The molecular weight excluding hydrogens is 274 g/mol. The molecule has 20 heavy (non-hydrogen) atoms. The number of hydrogen-bond donors (Lipinski definition) is 1. The Morgan fingerprint density at radius 3 is 3.20 bits per heavy atom. The Bertz CT molecular complexity index is 509. The topological polar surface area (TPSA) is 65.4 Å². The first-order valence-corrected chi connectivity index (χ1v) is 7.61. The third-order valence-corrected chi connectivity index (χ3v) is 4.23. The number of morpholine rings is 1. The van der Waals surface area contributed by atoms with Gasteiger partial charge >= 0.3 is 0 Å². The van der Waals surface area contributed by atoms with Gasteiger partial charge in [0.25, 0.3) is 0 Å². The summed E-state index contributed by atoms with van der Waals surface area (Å²) in [4.78, 5) is 14.2. The largest absolute Gasteiger partial charge is 0.376 e. The molecule has 1 fully saturated rings. The number of nitriles is 1. The van der Waals surface area contributed by atoms with Crippen LogP contribution in [0.25, 0.3) is 0 Å². The van der Waals surface area contributed by atoms with Gasteiger partial charge < -0.3 is 10.1 Å². The van der Waals surface area contributed by atoms with Crippen LogP contribution < -0.4 is 5.32 Å². The molecule has 0 aliphatic carbocycles. The molecule has 0 unspecified atom stereocenters. The first kappa shape index (κ1) is 15.0. The van der Waals surface area contributed by atoms with Crippen molar-refractivity contribution in [1.29, 1.82) is 5.26 Å². The fourth-order valence-electron chi connectivity index (χ4n) is 2.21. The molecule has 1 aliphatic heterocycles. The summed E-state index contributed by atoms with van der Waals surface area (Å²) in [7, 11) is 0. The van der Waals surface area contributed by atoms with Gasteiger partial charge in [-0.05, 0) is 25.3 Å². The SMILES string of the molecule is C[C@@H]1CN(CCC(=O)Nc2sccc2C#N)[C@@H](C)CO1. The predicted molar refractivity (Wildman–Crippen MR) is 78.7 cm³/mol. The van der Waals surface area contributed by atoms with Crippen molar-refractivity contribution in [3.8, 4) is 6.07 Å². The lowest BCUT2D eigenvalue weighted by molar-refractivity contribution is -0.117. The lowest BCUT2D eigenvalue weighted by Gasteiger charge is -2.36. The lowest BCUT2D eigenvalue weighted by atomic mass is 10.2. The minimum absolute atomic E-state index is 0.0460. The summed E-state index contributed by atoms with van der Waals surface area (Å²) in [5, 5.41) is 14.2. The highest BCUT2D eigenvalue weighted by atomic mass is 32.1. The van der Waals surface area contributed by atoms with Crippen LogP contribution in [0.4, 0.5) is 5.00 Å². The van der Waals surface area contributed by atoms with E-state index in [1.807, 2.05) is 6.92 Å². The molecule has 2 heterocycles. The standard InChI is InChI=1S/C14H19N3O2S/c1-10-9-19-11(2)8-17(10)5-3-13(18)16-14-12(7-15)4-6-20-14/h4,6,10-11H,3,5,8-9H2,1-2H3,(H,16,18)/t10-,11+/m0/s1. The number of ether oxygens (including phenoxy) is 1. The van der Waals surface area contributed by atoms with Crippen LogP contribution >= 0.6 is 11.3 Å². The van der Waals surface area contributed by atoms with E-state index in [-0.39, 0.29) is 12.0 Å². The van der Waals surface area contributed by atoms with Crippen LogP contribution in [0.5, 0.6) is 0 Å². The molecule has 108 valence electrons. The number of nitrogens with zero attached hydrogens (tertiary/aromatic N) is 2. The van der Waals surface area contributed by atoms with Gasteiger partial charge in [0, 0.05) is 25.6 Å². The van der Waals surface area contributed by atoms with Gasteiger partial charge in [0.1, 0.15) is 11.1 Å². The summed E-state index contributed by atoms with van der Waals surface area (Å²) in [5.74, 6) is -0.0460. The summed E-state index contributed by atoms with van der Waals surface area (Å²) in [6.07, 6.45) is 0.650. The lowest BCUT2D eigenvalue weighted by Crippen LogP contribution is -2.48. The molecule has 0 radical (unpaired) electrons. The van der Waals surface area contributed by atoms with E-state index < -0.39 is 0 Å². The number of carbonyl (C=O) groups excluding carboxylic acids is 1. The van der Waals surface area contributed by atoms with E-state index in [9.17, 15) is 4.79 Å². The fourth-order valence-corrected chi connectivity index (χ4v) is 2.97. The van der Waals surface area contributed by atoms with Gasteiger partial charge in [-0.1, -0.05) is 0 Å². The molecule has 6 heteroatoms. The molecule has 0 aromatic carbocycles. The van der Waals surface area contributed by atoms with E-state index in [0.29, 0.717) is 36.2 Å². The van der Waals surface area contributed by atoms with Crippen molar-refractivity contribution in [3.05, 3.63) is 17.0 Å². The van der Waals surface area contributed by atoms with Gasteiger partial charge in [-0.15, -0.1) is 11.3 Å². The van der Waals surface area contributed by atoms with Gasteiger partial charge in [-0.25, -0.2) is 0 Å². The van der Waals surface area contributed by atoms with Gasteiger partial charge in [-0.3, -0.25) is 9.69 Å². The van der Waals surface area contributed by atoms with Crippen molar-refractivity contribution in [3.63, 3.8) is 0 Å². The smallest absolute Gasteiger partial charge is 0.226 e. The monoisotopic (exact) mass is 293 g/mol. The van der Waals surface area contributed by atoms with E-state index in [2.05, 4.69) is 23.2 Å². The quantitative estimate of drug-likeness (QED) is 0.923. The van der Waals surface area contributed by atoms with Crippen molar-refractivity contribution < 1.29 is 9.53 Å². The molecule has 1 N–H and O–H groups in total. The summed E-state index contributed by atoms with van der Waals surface area (Å²) in [5.41, 5.74) is 0.525. The minimum Gasteiger partial charge on any atom is -0.376 e. The summed E-state index contributed by atoms with van der Waals surface area (Å²) in [6, 6.07) is 4.13. The maximum Gasteiger partial charge on any atom is 0.226 e. The maximum absolute atomic E-state index is 11.9. The number of carbonyl (C=O) groups is 1. The molecule has 1 aromatic rings. The molecule has 0 bridgehead atoms. The molecular formula is C14H19N3O2S. The van der Waals surface area contributed by atoms with E-state index >= 15 is 0 Å². The van der Waals surface area contributed by atoms with Crippen molar-refractivity contribution in [2.75, 3.05) is 25.0 Å². The molecule has 0 spiro atoms. The average molecular weight is 293 g/mol. The Kier molecular flexibility index (Phi) is 5.12. The summed E-state index contributed by atoms with van der Waals surface area (Å²) < 4.78 is 5.57. The maximum atomic E-state index is 11.9. The molecule has 1 aliphatic rings. The van der Waals surface area contributed by atoms with Crippen LogP contribution in [0.2, 0.25) is 0 Å². The Morgan fingerprint density at radius 2 is 2.45 bits per heavy atom. The van der Waals surface area contributed by atoms with Crippen molar-refractivity contribution >= 4 is 22.2 Å². The van der Waals surface area contributed by atoms with Crippen molar-refractivity contribution in [1.82, 2.24) is 4.90 Å². The number of nitrogens with one attached hydrogen (secondary N) is 1. The Morgan fingerprint density at radius 1 is 1.65 bits per heavy atom. The second-order valence-electron chi connectivity index (χ2n) is 5.06. The minimum atomic E-state index is -0.0460. The highest BCUT2D eigenvalue weighted by Crippen LogP contribution is 2.22. The zero-order valence-electron chi connectivity index (χ0n) is 11.8. The van der Waals surface area contributed by atoms with Crippen LogP contribution in [-0.2, 0) is 9.53 Å². The summed E-state index contributed by atoms with van der Waals surface area (Å²) in [6.45, 7) is 6.44. The molecule has 1 saturated heterocycles. The van der Waals surface area contributed by atoms with Crippen LogP contribution in [-0.4, -0.2) is 42.6 Å². The Balaban J connectivity index is 1.82. The van der Waals surface area contributed by atoms with Crippen LogP contribution in [0.3, 0.4) is 0 Å². The van der Waals surface area contributed by atoms with Gasteiger partial charge in [0.15, 0.2) is 0 Å². The van der Waals surface area contributed by atoms with Gasteiger partial charge in [0.2, 0.25) is 5.91 Å². The second kappa shape index (κ2) is 6.84. The molecule has 1 aromatic heterocycles. The van der Waals surface area contributed by atoms with Crippen LogP contribution in [0, 0.1) is 11.3 Å². The fraction of sp³-hybridized carbons (Fsp3) is 0.571. The number of rotatable bonds is 4. The predicted octanol–water partition coefficient (Wildman–Crippen LogP) is 2.06. The Hall–Kier alpha value is -1.42. The highest BCUT2D eigenvalue weighted by molar-refractivity contribution is 7.14. The number of hydrogen-bond acceptors (Lipinski definition) is 5. The zero-order valence-corrected chi connectivity index (χ0v) is 12.6. The highest BCUT2D eigenvalue weighted by Gasteiger charge is 2.23. The third kappa shape index (κ3) is 3.79. The molecule has 1 amide bonds. The first-order chi connectivity index (χ1) is 9.60. The molecule has 0 saturated carbocycles. The zero-order chi connectivity index (χ0) is 14.5. The molecule has 2 atom stereocenters. The second-order valence-corrected chi connectivity index (χ2v) is 5.98. The average Bonchev–Trinajstić information content (AvgIpc) is 2.87. The van der Waals surface area contributed by atoms with Crippen molar-refractivity contribution in [2.24, 2.45) is 0 Å². The van der Waals surface area contributed by atoms with E-state index in [0.717, 1.165) is 6.54 Å². The Labute approximate surface area is 123 Å². The first-order valence-electron chi connectivity index (χ1n) is 6.73. The van der Waals surface area contributed by atoms with Gasteiger partial charge in [-0.2, -0.15) is 5.26 Å². The molecule has 5 nitrogen and oxygen atoms in total. The van der Waals surface area contributed by atoms with Crippen LogP contribution in [0.1, 0.15) is 25.8 Å². The molecule has 2 rings (SSSR count). The summed E-state index contributed by atoms with van der Waals surface area (Å²) >= 11 is 1.38. The number of amides is 1. The van der Waals surface area contributed by atoms with Crippen molar-refractivity contribution in [2.45, 2.75) is 32.4 Å².